The molecule has 2 fully saturated rings. The molecule has 3 nitrogen and oxygen atoms in total. The van der Waals surface area contributed by atoms with E-state index in [2.05, 4.69) is 11.8 Å². The van der Waals surface area contributed by atoms with Gasteiger partial charge in [0.15, 0.2) is 0 Å². The number of nitrogens with two attached hydrogens (primary N) is 1. The predicted octanol–water partition coefficient (Wildman–Crippen LogP) is 2.15. The second-order valence-electron chi connectivity index (χ2n) is 5.98. The third-order valence-corrected chi connectivity index (χ3v) is 4.52. The monoisotopic (exact) mass is 238 g/mol. The van der Waals surface area contributed by atoms with E-state index < -0.39 is 0 Å². The van der Waals surface area contributed by atoms with Gasteiger partial charge in [-0.25, -0.2) is 0 Å². The molecule has 98 valence electrons. The van der Waals surface area contributed by atoms with Crippen LogP contribution in [0, 0.1) is 11.8 Å². The highest BCUT2D eigenvalue weighted by molar-refractivity contribution is 5.76. The molecule has 0 radical (unpaired) electrons. The second-order valence-corrected chi connectivity index (χ2v) is 5.98. The number of carbonyl (C=O) groups is 1. The molecule has 1 aliphatic heterocycles. The van der Waals surface area contributed by atoms with Crippen LogP contribution in [0.5, 0.6) is 0 Å². The Morgan fingerprint density at radius 3 is 2.71 bits per heavy atom. The topological polar surface area (TPSA) is 46.3 Å². The number of nitrogens with zero attached hydrogens (tertiary/aromatic N) is 1. The van der Waals surface area contributed by atoms with Gasteiger partial charge >= 0.3 is 0 Å². The van der Waals surface area contributed by atoms with Crippen LogP contribution in [0.1, 0.15) is 51.9 Å². The van der Waals surface area contributed by atoms with Crippen LogP contribution in [0.25, 0.3) is 0 Å². The zero-order chi connectivity index (χ0) is 12.3. The Morgan fingerprint density at radius 1 is 1.18 bits per heavy atom. The highest BCUT2D eigenvalue weighted by Gasteiger charge is 2.28. The van der Waals surface area contributed by atoms with E-state index >= 15 is 0 Å². The largest absolute Gasteiger partial charge is 0.343 e. The van der Waals surface area contributed by atoms with E-state index in [9.17, 15) is 4.79 Å². The number of hydrogen-bond donors (Lipinski definition) is 1. The average molecular weight is 238 g/mol. The minimum atomic E-state index is 0.268. The van der Waals surface area contributed by atoms with Crippen molar-refractivity contribution in [2.24, 2.45) is 17.6 Å². The fourth-order valence-corrected chi connectivity index (χ4v) is 3.18. The van der Waals surface area contributed by atoms with Crippen molar-refractivity contribution in [3.63, 3.8) is 0 Å². The molecule has 1 amide bonds. The summed E-state index contributed by atoms with van der Waals surface area (Å²) in [5, 5.41) is 0. The van der Waals surface area contributed by atoms with E-state index in [1.54, 1.807) is 0 Å². The Morgan fingerprint density at radius 2 is 2.00 bits per heavy atom. The molecule has 1 saturated carbocycles. The number of hydrogen-bond acceptors (Lipinski definition) is 2. The van der Waals surface area contributed by atoms with Crippen molar-refractivity contribution >= 4 is 5.91 Å². The lowest BCUT2D eigenvalue weighted by Crippen LogP contribution is -2.36. The summed E-state index contributed by atoms with van der Waals surface area (Å²) in [5.74, 6) is 1.58. The maximum Gasteiger partial charge on any atom is 0.222 e. The molecule has 1 unspecified atom stereocenters. The van der Waals surface area contributed by atoms with Gasteiger partial charge in [0.1, 0.15) is 0 Å². The third-order valence-electron chi connectivity index (χ3n) is 4.52. The predicted molar refractivity (Wildman–Crippen MR) is 69.5 cm³/mol. The molecular weight excluding hydrogens is 212 g/mol. The van der Waals surface area contributed by atoms with Gasteiger partial charge in [0.25, 0.3) is 0 Å². The first-order chi connectivity index (χ1) is 8.16. The summed E-state index contributed by atoms with van der Waals surface area (Å²) in [6.45, 7) is 4.22. The smallest absolute Gasteiger partial charge is 0.222 e. The van der Waals surface area contributed by atoms with Gasteiger partial charge in [-0.15, -0.1) is 0 Å². The van der Waals surface area contributed by atoms with Gasteiger partial charge < -0.3 is 10.6 Å². The van der Waals surface area contributed by atoms with Crippen molar-refractivity contribution < 1.29 is 4.79 Å². The van der Waals surface area contributed by atoms with E-state index in [1.807, 2.05) is 0 Å². The Balaban J connectivity index is 1.82. The lowest BCUT2D eigenvalue weighted by molar-refractivity contribution is -0.132. The standard InChI is InChI=1S/C14H26N2O/c1-11-4-3-8-16(9-7-11)14(17)10-12-5-2-6-13(12)15/h11-13H,2-10,15H2,1H3/t11?,12-,13+/m0/s1. The molecule has 3 atom stereocenters. The Hall–Kier alpha value is -0.570. The molecule has 0 aromatic heterocycles. The Labute approximate surface area is 105 Å². The first kappa shape index (κ1) is 12.9. The molecule has 3 heteroatoms. The molecule has 17 heavy (non-hydrogen) atoms. The van der Waals surface area contributed by atoms with Gasteiger partial charge in [0, 0.05) is 25.6 Å². The van der Waals surface area contributed by atoms with Gasteiger partial charge in [-0.05, 0) is 43.9 Å². The molecule has 1 heterocycles. The van der Waals surface area contributed by atoms with Crippen molar-refractivity contribution in [3.05, 3.63) is 0 Å². The van der Waals surface area contributed by atoms with Crippen LogP contribution in [-0.4, -0.2) is 29.9 Å². The molecule has 1 aliphatic carbocycles. The quantitative estimate of drug-likeness (QED) is 0.801. The van der Waals surface area contributed by atoms with Gasteiger partial charge in [0.05, 0.1) is 0 Å². The lowest BCUT2D eigenvalue weighted by Gasteiger charge is -2.23. The maximum absolute atomic E-state index is 12.2. The van der Waals surface area contributed by atoms with Gasteiger partial charge in [-0.1, -0.05) is 13.3 Å². The molecular formula is C14H26N2O. The summed E-state index contributed by atoms with van der Waals surface area (Å²) < 4.78 is 0. The average Bonchev–Trinajstić information content (AvgIpc) is 2.57. The first-order valence-electron chi connectivity index (χ1n) is 7.20. The molecule has 2 rings (SSSR count). The maximum atomic E-state index is 12.2. The zero-order valence-electron chi connectivity index (χ0n) is 11.0. The highest BCUT2D eigenvalue weighted by atomic mass is 16.2. The molecule has 0 aromatic carbocycles. The molecule has 0 bridgehead atoms. The second kappa shape index (κ2) is 5.85. The van der Waals surface area contributed by atoms with Gasteiger partial charge in [-0.2, -0.15) is 0 Å². The zero-order valence-corrected chi connectivity index (χ0v) is 11.0. The summed E-state index contributed by atoms with van der Waals surface area (Å²) in [7, 11) is 0. The molecule has 2 N–H and O–H groups in total. The number of amides is 1. The number of rotatable bonds is 2. The van der Waals surface area contributed by atoms with Crippen LogP contribution in [0.2, 0.25) is 0 Å². The summed E-state index contributed by atoms with van der Waals surface area (Å²) in [6.07, 6.45) is 7.76. The Kier molecular flexibility index (Phi) is 4.43. The van der Waals surface area contributed by atoms with E-state index in [0.717, 1.165) is 31.8 Å². The molecule has 0 aromatic rings. The van der Waals surface area contributed by atoms with E-state index in [-0.39, 0.29) is 6.04 Å². The van der Waals surface area contributed by atoms with Crippen LogP contribution in [-0.2, 0) is 4.79 Å². The minimum absolute atomic E-state index is 0.268. The first-order valence-corrected chi connectivity index (χ1v) is 7.20. The lowest BCUT2D eigenvalue weighted by atomic mass is 9.99. The number of carbonyl (C=O) groups excluding carboxylic acids is 1. The third kappa shape index (κ3) is 3.44. The van der Waals surface area contributed by atoms with E-state index in [1.165, 1.54) is 25.7 Å². The summed E-state index contributed by atoms with van der Waals surface area (Å²) in [4.78, 5) is 14.3. The summed E-state index contributed by atoms with van der Waals surface area (Å²) in [5.41, 5.74) is 6.04. The van der Waals surface area contributed by atoms with Gasteiger partial charge in [0.2, 0.25) is 5.91 Å². The van der Waals surface area contributed by atoms with Crippen LogP contribution >= 0.6 is 0 Å². The molecule has 0 spiro atoms. The van der Waals surface area contributed by atoms with Crippen molar-refractivity contribution in [1.82, 2.24) is 4.90 Å². The number of likely N-dealkylation sites (tertiary alicyclic amines) is 1. The Bertz CT molecular complexity index is 267. The SMILES string of the molecule is CC1CCCN(C(=O)C[C@@H]2CCC[C@H]2N)CC1. The molecule has 2 aliphatic rings. The fourth-order valence-electron chi connectivity index (χ4n) is 3.18. The van der Waals surface area contributed by atoms with Crippen molar-refractivity contribution in [2.75, 3.05) is 13.1 Å². The highest BCUT2D eigenvalue weighted by Crippen LogP contribution is 2.28. The molecule has 1 saturated heterocycles. The van der Waals surface area contributed by atoms with Crippen molar-refractivity contribution in [2.45, 2.75) is 57.9 Å². The van der Waals surface area contributed by atoms with E-state index in [4.69, 9.17) is 5.73 Å². The summed E-state index contributed by atoms with van der Waals surface area (Å²) in [6, 6.07) is 0.268. The normalized spacial score (nSPS) is 34.7. The van der Waals surface area contributed by atoms with Crippen molar-refractivity contribution in [1.29, 1.82) is 0 Å². The summed E-state index contributed by atoms with van der Waals surface area (Å²) >= 11 is 0. The van der Waals surface area contributed by atoms with Gasteiger partial charge in [-0.3, -0.25) is 4.79 Å². The van der Waals surface area contributed by atoms with Crippen LogP contribution in [0.15, 0.2) is 0 Å². The van der Waals surface area contributed by atoms with Crippen molar-refractivity contribution in [3.8, 4) is 0 Å². The van der Waals surface area contributed by atoms with Crippen LogP contribution in [0.3, 0.4) is 0 Å². The van der Waals surface area contributed by atoms with Crippen LogP contribution < -0.4 is 5.73 Å². The fraction of sp³-hybridized carbons (Fsp3) is 0.929. The van der Waals surface area contributed by atoms with Crippen LogP contribution in [0.4, 0.5) is 0 Å². The van der Waals surface area contributed by atoms with E-state index in [0.29, 0.717) is 18.2 Å². The minimum Gasteiger partial charge on any atom is -0.343 e.